The topological polar surface area (TPSA) is 39.1 Å². The molecule has 2 rings (SSSR count). The average molecular weight is 287 g/mol. The van der Waals surface area contributed by atoms with Crippen molar-refractivity contribution >= 4 is 0 Å². The smallest absolute Gasteiger partial charge is 0.119 e. The van der Waals surface area contributed by atoms with E-state index in [9.17, 15) is 0 Å². The standard InChI is InChI=1S/C17H25N3O/c1-4-9-18-16(13-15-8-10-20(2)19-15)11-14-6-5-7-17(12-14)21-3/h5-8,10,12,16,18H,4,9,11,13H2,1-3H3. The number of benzene rings is 1. The van der Waals surface area contributed by atoms with E-state index >= 15 is 0 Å². The zero-order chi connectivity index (χ0) is 15.1. The molecule has 21 heavy (non-hydrogen) atoms. The molecular formula is C17H25N3O. The van der Waals surface area contributed by atoms with E-state index in [0.29, 0.717) is 6.04 Å². The van der Waals surface area contributed by atoms with Gasteiger partial charge in [-0.05, 0) is 43.1 Å². The van der Waals surface area contributed by atoms with Gasteiger partial charge >= 0.3 is 0 Å². The number of aryl methyl sites for hydroxylation is 1. The number of ether oxygens (including phenoxy) is 1. The molecule has 0 fully saturated rings. The predicted molar refractivity (Wildman–Crippen MR) is 85.7 cm³/mol. The molecule has 2 aromatic rings. The summed E-state index contributed by atoms with van der Waals surface area (Å²) in [6.45, 7) is 3.22. The van der Waals surface area contributed by atoms with E-state index in [1.807, 2.05) is 30.1 Å². The number of nitrogens with one attached hydrogen (secondary N) is 1. The SMILES string of the molecule is CCCNC(Cc1cccc(OC)c1)Cc1ccn(C)n1. The molecule has 1 heterocycles. The Balaban J connectivity index is 2.04. The zero-order valence-electron chi connectivity index (χ0n) is 13.2. The molecule has 1 unspecified atom stereocenters. The summed E-state index contributed by atoms with van der Waals surface area (Å²) in [5.41, 5.74) is 2.42. The quantitative estimate of drug-likeness (QED) is 0.811. The lowest BCUT2D eigenvalue weighted by Crippen LogP contribution is -2.34. The fraction of sp³-hybridized carbons (Fsp3) is 0.471. The van der Waals surface area contributed by atoms with Crippen LogP contribution in [0.15, 0.2) is 36.5 Å². The van der Waals surface area contributed by atoms with Crippen LogP contribution < -0.4 is 10.1 Å². The fourth-order valence-corrected chi connectivity index (χ4v) is 2.47. The van der Waals surface area contributed by atoms with Crippen molar-refractivity contribution in [2.75, 3.05) is 13.7 Å². The van der Waals surface area contributed by atoms with Gasteiger partial charge in [-0.1, -0.05) is 19.1 Å². The largest absolute Gasteiger partial charge is 0.497 e. The van der Waals surface area contributed by atoms with E-state index in [2.05, 4.69) is 35.5 Å². The van der Waals surface area contributed by atoms with E-state index in [0.717, 1.165) is 37.3 Å². The Morgan fingerprint density at radius 3 is 2.81 bits per heavy atom. The van der Waals surface area contributed by atoms with E-state index in [1.54, 1.807) is 7.11 Å². The Bertz CT molecular complexity index is 550. The second-order valence-electron chi connectivity index (χ2n) is 5.39. The Morgan fingerprint density at radius 2 is 2.14 bits per heavy atom. The van der Waals surface area contributed by atoms with Gasteiger partial charge in [0.2, 0.25) is 0 Å². The number of aromatic nitrogens is 2. The second kappa shape index (κ2) is 7.84. The maximum atomic E-state index is 5.30. The van der Waals surface area contributed by atoms with E-state index < -0.39 is 0 Å². The summed E-state index contributed by atoms with van der Waals surface area (Å²) in [7, 11) is 3.67. The highest BCUT2D eigenvalue weighted by molar-refractivity contribution is 5.29. The van der Waals surface area contributed by atoms with E-state index in [4.69, 9.17) is 4.74 Å². The van der Waals surface area contributed by atoms with Crippen LogP contribution in [0.1, 0.15) is 24.6 Å². The first-order valence-corrected chi connectivity index (χ1v) is 7.56. The summed E-state index contributed by atoms with van der Waals surface area (Å²) in [5, 5.41) is 8.11. The molecule has 1 aromatic heterocycles. The first-order valence-electron chi connectivity index (χ1n) is 7.56. The lowest BCUT2D eigenvalue weighted by molar-refractivity contribution is 0.413. The maximum absolute atomic E-state index is 5.30. The normalized spacial score (nSPS) is 12.3. The molecule has 0 spiro atoms. The number of nitrogens with zero attached hydrogens (tertiary/aromatic N) is 2. The van der Waals surface area contributed by atoms with Crippen molar-refractivity contribution < 1.29 is 4.74 Å². The van der Waals surface area contributed by atoms with Crippen molar-refractivity contribution in [3.63, 3.8) is 0 Å². The van der Waals surface area contributed by atoms with Gasteiger partial charge in [-0.25, -0.2) is 0 Å². The molecular weight excluding hydrogens is 262 g/mol. The van der Waals surface area contributed by atoms with E-state index in [-0.39, 0.29) is 0 Å². The minimum atomic E-state index is 0.395. The summed E-state index contributed by atoms with van der Waals surface area (Å²) < 4.78 is 7.16. The van der Waals surface area contributed by atoms with Crippen LogP contribution in [0.2, 0.25) is 0 Å². The third-order valence-corrected chi connectivity index (χ3v) is 3.52. The molecule has 4 heteroatoms. The number of hydrogen-bond donors (Lipinski definition) is 1. The Kier molecular flexibility index (Phi) is 5.81. The molecule has 0 saturated heterocycles. The molecule has 0 aliphatic carbocycles. The summed E-state index contributed by atoms with van der Waals surface area (Å²) in [4.78, 5) is 0. The molecule has 1 aromatic carbocycles. The molecule has 1 N–H and O–H groups in total. The Morgan fingerprint density at radius 1 is 1.29 bits per heavy atom. The zero-order valence-corrected chi connectivity index (χ0v) is 13.2. The van der Waals surface area contributed by atoms with Crippen molar-refractivity contribution in [2.45, 2.75) is 32.2 Å². The van der Waals surface area contributed by atoms with Crippen LogP contribution in [-0.4, -0.2) is 29.5 Å². The molecule has 114 valence electrons. The number of rotatable bonds is 8. The van der Waals surface area contributed by atoms with Crippen LogP contribution in [0.3, 0.4) is 0 Å². The average Bonchev–Trinajstić information content (AvgIpc) is 2.90. The van der Waals surface area contributed by atoms with Crippen LogP contribution in [0, 0.1) is 0 Å². The predicted octanol–water partition coefficient (Wildman–Crippen LogP) is 2.58. The summed E-state index contributed by atoms with van der Waals surface area (Å²) in [6, 6.07) is 10.8. The van der Waals surface area contributed by atoms with Crippen molar-refractivity contribution in [3.05, 3.63) is 47.8 Å². The molecule has 1 atom stereocenters. The molecule has 4 nitrogen and oxygen atoms in total. The highest BCUT2D eigenvalue weighted by atomic mass is 16.5. The van der Waals surface area contributed by atoms with Gasteiger partial charge in [0.25, 0.3) is 0 Å². The third kappa shape index (κ3) is 4.90. The van der Waals surface area contributed by atoms with Gasteiger partial charge in [0.05, 0.1) is 12.8 Å². The van der Waals surface area contributed by atoms with Crippen LogP contribution in [0.4, 0.5) is 0 Å². The highest BCUT2D eigenvalue weighted by Gasteiger charge is 2.12. The van der Waals surface area contributed by atoms with Crippen molar-refractivity contribution in [2.24, 2.45) is 7.05 Å². The fourth-order valence-electron chi connectivity index (χ4n) is 2.47. The van der Waals surface area contributed by atoms with Crippen molar-refractivity contribution in [1.29, 1.82) is 0 Å². The summed E-state index contributed by atoms with van der Waals surface area (Å²) in [5.74, 6) is 0.916. The highest BCUT2D eigenvalue weighted by Crippen LogP contribution is 2.15. The molecule has 0 radical (unpaired) electrons. The lowest BCUT2D eigenvalue weighted by Gasteiger charge is -2.18. The van der Waals surface area contributed by atoms with E-state index in [1.165, 1.54) is 5.56 Å². The summed E-state index contributed by atoms with van der Waals surface area (Å²) in [6.07, 6.45) is 5.06. The number of methoxy groups -OCH3 is 1. The van der Waals surface area contributed by atoms with Gasteiger partial charge in [-0.2, -0.15) is 5.10 Å². The third-order valence-electron chi connectivity index (χ3n) is 3.52. The molecule has 0 bridgehead atoms. The Hall–Kier alpha value is -1.81. The molecule has 0 aliphatic rings. The van der Waals surface area contributed by atoms with Gasteiger partial charge in [0, 0.05) is 25.7 Å². The maximum Gasteiger partial charge on any atom is 0.119 e. The van der Waals surface area contributed by atoms with Crippen LogP contribution >= 0.6 is 0 Å². The summed E-state index contributed by atoms with van der Waals surface area (Å²) >= 11 is 0. The number of hydrogen-bond acceptors (Lipinski definition) is 3. The van der Waals surface area contributed by atoms with Crippen LogP contribution in [0.5, 0.6) is 5.75 Å². The molecule has 0 saturated carbocycles. The first kappa shape index (κ1) is 15.6. The first-order chi connectivity index (χ1) is 10.2. The minimum absolute atomic E-state index is 0.395. The molecule has 0 amide bonds. The Labute approximate surface area is 127 Å². The van der Waals surface area contributed by atoms with Crippen molar-refractivity contribution in [3.8, 4) is 5.75 Å². The monoisotopic (exact) mass is 287 g/mol. The van der Waals surface area contributed by atoms with Crippen LogP contribution in [0.25, 0.3) is 0 Å². The van der Waals surface area contributed by atoms with Gasteiger partial charge < -0.3 is 10.1 Å². The van der Waals surface area contributed by atoms with Gasteiger partial charge in [-0.15, -0.1) is 0 Å². The minimum Gasteiger partial charge on any atom is -0.497 e. The molecule has 0 aliphatic heterocycles. The van der Waals surface area contributed by atoms with Gasteiger partial charge in [-0.3, -0.25) is 4.68 Å². The van der Waals surface area contributed by atoms with Crippen LogP contribution in [-0.2, 0) is 19.9 Å². The second-order valence-corrected chi connectivity index (χ2v) is 5.39. The van der Waals surface area contributed by atoms with Gasteiger partial charge in [0.15, 0.2) is 0 Å². The lowest BCUT2D eigenvalue weighted by atomic mass is 10.0. The van der Waals surface area contributed by atoms with Gasteiger partial charge in [0.1, 0.15) is 5.75 Å². The van der Waals surface area contributed by atoms with Crippen molar-refractivity contribution in [1.82, 2.24) is 15.1 Å².